The van der Waals surface area contributed by atoms with Crippen LogP contribution in [-0.4, -0.2) is 27.1 Å². The van der Waals surface area contributed by atoms with Gasteiger partial charge < -0.3 is 10.2 Å². The third kappa shape index (κ3) is 3.35. The summed E-state index contributed by atoms with van der Waals surface area (Å²) in [4.78, 5) is 1.74. The summed E-state index contributed by atoms with van der Waals surface area (Å²) in [7, 11) is -0.703. The summed E-state index contributed by atoms with van der Waals surface area (Å²) in [5.41, 5.74) is 2.61. The SMILES string of the molecule is Cc1c(Cl)cccc1Nc1ccc2c(N(C)C)cccc2c1S(=O)(=O)O. The number of hydrogen-bond acceptors (Lipinski definition) is 4. The highest BCUT2D eigenvalue weighted by atomic mass is 35.5. The minimum absolute atomic E-state index is 0.155. The van der Waals surface area contributed by atoms with Crippen LogP contribution in [0, 0.1) is 6.92 Å². The van der Waals surface area contributed by atoms with E-state index in [1.54, 1.807) is 36.4 Å². The average Bonchev–Trinajstić information content (AvgIpc) is 2.56. The highest BCUT2D eigenvalue weighted by Gasteiger charge is 2.21. The van der Waals surface area contributed by atoms with Gasteiger partial charge in [0.05, 0.1) is 5.69 Å². The van der Waals surface area contributed by atoms with Gasteiger partial charge in [0.1, 0.15) is 4.90 Å². The van der Waals surface area contributed by atoms with Crippen molar-refractivity contribution < 1.29 is 13.0 Å². The summed E-state index contributed by atoms with van der Waals surface area (Å²) in [6.07, 6.45) is 0. The molecule has 0 aliphatic heterocycles. The Balaban J connectivity index is 2.28. The fourth-order valence-corrected chi connectivity index (χ4v) is 4.00. The summed E-state index contributed by atoms with van der Waals surface area (Å²) in [6.45, 7) is 1.84. The standard InChI is InChI=1S/C19H19ClN2O3S/c1-12-15(20)7-5-8-16(12)21-17-11-10-13-14(19(17)26(23,24)25)6-4-9-18(13)22(2)3/h4-11,21H,1-3H3,(H,23,24,25). The van der Waals surface area contributed by atoms with E-state index < -0.39 is 10.1 Å². The molecule has 0 bridgehead atoms. The summed E-state index contributed by atoms with van der Waals surface area (Å²) < 4.78 is 34.2. The van der Waals surface area contributed by atoms with Gasteiger partial charge in [-0.15, -0.1) is 0 Å². The molecule has 3 rings (SSSR count). The zero-order valence-corrected chi connectivity index (χ0v) is 16.2. The number of benzene rings is 3. The molecule has 0 spiro atoms. The molecule has 0 heterocycles. The molecule has 5 nitrogen and oxygen atoms in total. The zero-order chi connectivity index (χ0) is 19.1. The van der Waals surface area contributed by atoms with E-state index in [2.05, 4.69) is 5.32 Å². The van der Waals surface area contributed by atoms with Gasteiger partial charge in [-0.25, -0.2) is 0 Å². The van der Waals surface area contributed by atoms with E-state index in [1.165, 1.54) is 0 Å². The van der Waals surface area contributed by atoms with Crippen molar-refractivity contribution in [3.8, 4) is 0 Å². The van der Waals surface area contributed by atoms with Crippen molar-refractivity contribution in [3.05, 3.63) is 59.1 Å². The molecule has 0 aliphatic carbocycles. The van der Waals surface area contributed by atoms with Gasteiger partial charge in [-0.2, -0.15) is 8.42 Å². The molecule has 0 radical (unpaired) electrons. The van der Waals surface area contributed by atoms with Gasteiger partial charge in [-0.3, -0.25) is 4.55 Å². The minimum atomic E-state index is -4.46. The number of fused-ring (bicyclic) bond motifs is 1. The number of rotatable bonds is 4. The Morgan fingerprint density at radius 2 is 1.65 bits per heavy atom. The Morgan fingerprint density at radius 3 is 2.31 bits per heavy atom. The van der Waals surface area contributed by atoms with Crippen LogP contribution in [0.2, 0.25) is 5.02 Å². The zero-order valence-electron chi connectivity index (χ0n) is 14.6. The first-order valence-electron chi connectivity index (χ1n) is 7.93. The number of halogens is 1. The molecular formula is C19H19ClN2O3S. The molecule has 0 atom stereocenters. The lowest BCUT2D eigenvalue weighted by Crippen LogP contribution is -2.10. The molecular weight excluding hydrogens is 372 g/mol. The molecule has 0 aliphatic rings. The largest absolute Gasteiger partial charge is 0.377 e. The van der Waals surface area contributed by atoms with Crippen LogP contribution < -0.4 is 10.2 Å². The van der Waals surface area contributed by atoms with E-state index in [9.17, 15) is 13.0 Å². The Bertz CT molecular complexity index is 1100. The van der Waals surface area contributed by atoms with Crippen LogP contribution >= 0.6 is 11.6 Å². The first kappa shape index (κ1) is 18.5. The Labute approximate surface area is 158 Å². The molecule has 0 saturated heterocycles. The van der Waals surface area contributed by atoms with Crippen molar-refractivity contribution in [2.24, 2.45) is 0 Å². The van der Waals surface area contributed by atoms with Crippen LogP contribution in [-0.2, 0) is 10.1 Å². The van der Waals surface area contributed by atoms with E-state index in [0.29, 0.717) is 21.8 Å². The normalized spacial score (nSPS) is 11.6. The summed E-state index contributed by atoms with van der Waals surface area (Å²) in [5.74, 6) is 0. The van der Waals surface area contributed by atoms with Gasteiger partial charge in [-0.1, -0.05) is 35.9 Å². The van der Waals surface area contributed by atoms with E-state index in [-0.39, 0.29) is 4.90 Å². The van der Waals surface area contributed by atoms with Gasteiger partial charge >= 0.3 is 0 Å². The van der Waals surface area contributed by atoms with Crippen molar-refractivity contribution >= 4 is 49.6 Å². The maximum absolute atomic E-state index is 12.2. The maximum atomic E-state index is 12.2. The van der Waals surface area contributed by atoms with E-state index >= 15 is 0 Å². The molecule has 0 saturated carbocycles. The predicted molar refractivity (Wildman–Crippen MR) is 108 cm³/mol. The first-order valence-corrected chi connectivity index (χ1v) is 9.74. The van der Waals surface area contributed by atoms with Crippen LogP contribution in [0.3, 0.4) is 0 Å². The topological polar surface area (TPSA) is 69.6 Å². The average molecular weight is 391 g/mol. The number of hydrogen-bond donors (Lipinski definition) is 2. The highest BCUT2D eigenvalue weighted by molar-refractivity contribution is 7.86. The molecule has 0 aromatic heterocycles. The Morgan fingerprint density at radius 1 is 0.962 bits per heavy atom. The summed E-state index contributed by atoms with van der Waals surface area (Å²) in [5, 5.41) is 4.84. The quantitative estimate of drug-likeness (QED) is 0.622. The van der Waals surface area contributed by atoms with Crippen molar-refractivity contribution in [2.45, 2.75) is 11.8 Å². The molecule has 3 aromatic rings. The second-order valence-corrected chi connectivity index (χ2v) is 7.99. The lowest BCUT2D eigenvalue weighted by Gasteiger charge is -2.19. The van der Waals surface area contributed by atoms with Crippen LogP contribution in [0.1, 0.15) is 5.56 Å². The Kier molecular flexibility index (Phi) is 4.84. The van der Waals surface area contributed by atoms with E-state index in [1.807, 2.05) is 38.1 Å². The molecule has 0 unspecified atom stereocenters. The smallest absolute Gasteiger partial charge is 0.297 e. The fraction of sp³-hybridized carbons (Fsp3) is 0.158. The van der Waals surface area contributed by atoms with Gasteiger partial charge in [-0.05, 0) is 36.8 Å². The van der Waals surface area contributed by atoms with E-state index in [0.717, 1.165) is 16.6 Å². The molecule has 0 fully saturated rings. The van der Waals surface area contributed by atoms with Crippen molar-refractivity contribution in [2.75, 3.05) is 24.3 Å². The molecule has 0 amide bonds. The fourth-order valence-electron chi connectivity index (χ4n) is 2.97. The molecule has 7 heteroatoms. The van der Waals surface area contributed by atoms with Gasteiger partial charge in [0.15, 0.2) is 0 Å². The van der Waals surface area contributed by atoms with Crippen molar-refractivity contribution in [3.63, 3.8) is 0 Å². The maximum Gasteiger partial charge on any atom is 0.297 e. The second-order valence-electron chi connectivity index (χ2n) is 6.22. The van der Waals surface area contributed by atoms with Crippen molar-refractivity contribution in [1.29, 1.82) is 0 Å². The lowest BCUT2D eigenvalue weighted by atomic mass is 10.1. The van der Waals surface area contributed by atoms with Gasteiger partial charge in [0.25, 0.3) is 10.1 Å². The predicted octanol–water partition coefficient (Wildman–Crippen LogP) is 4.86. The van der Waals surface area contributed by atoms with Gasteiger partial charge in [0.2, 0.25) is 0 Å². The second kappa shape index (κ2) is 6.79. The number of nitrogens with zero attached hydrogens (tertiary/aromatic N) is 1. The van der Waals surface area contributed by atoms with Crippen LogP contribution in [0.25, 0.3) is 10.8 Å². The summed E-state index contributed by atoms with van der Waals surface area (Å²) >= 11 is 6.15. The molecule has 2 N–H and O–H groups in total. The van der Waals surface area contributed by atoms with Crippen LogP contribution in [0.4, 0.5) is 17.1 Å². The Hall–Kier alpha value is -2.28. The van der Waals surface area contributed by atoms with Crippen molar-refractivity contribution in [1.82, 2.24) is 0 Å². The van der Waals surface area contributed by atoms with E-state index in [4.69, 9.17) is 11.6 Å². The van der Waals surface area contributed by atoms with Crippen LogP contribution in [0.5, 0.6) is 0 Å². The monoisotopic (exact) mass is 390 g/mol. The summed E-state index contributed by atoms with van der Waals surface area (Å²) in [6, 6.07) is 14.2. The number of anilines is 3. The lowest BCUT2D eigenvalue weighted by molar-refractivity contribution is 0.484. The third-order valence-corrected chi connectivity index (χ3v) is 5.63. The highest BCUT2D eigenvalue weighted by Crippen LogP contribution is 2.37. The van der Waals surface area contributed by atoms with Gasteiger partial charge in [0, 0.05) is 41.3 Å². The number of nitrogens with one attached hydrogen (secondary N) is 1. The first-order chi connectivity index (χ1) is 12.2. The molecule has 136 valence electrons. The minimum Gasteiger partial charge on any atom is -0.377 e. The third-order valence-electron chi connectivity index (χ3n) is 4.27. The molecule has 26 heavy (non-hydrogen) atoms. The molecule has 3 aromatic carbocycles. The van der Waals surface area contributed by atoms with Crippen LogP contribution in [0.15, 0.2) is 53.4 Å².